The molecule has 1 aliphatic carbocycles. The van der Waals surface area contributed by atoms with Gasteiger partial charge in [-0.2, -0.15) is 9.61 Å². The molecule has 1 saturated carbocycles. The van der Waals surface area contributed by atoms with Gasteiger partial charge in [-0.25, -0.2) is 4.98 Å². The monoisotopic (exact) mass is 397 g/mol. The highest BCUT2D eigenvalue weighted by Gasteiger charge is 2.22. The Morgan fingerprint density at radius 3 is 2.76 bits per heavy atom. The molecule has 1 amide bonds. The van der Waals surface area contributed by atoms with Crippen LogP contribution in [-0.4, -0.2) is 43.3 Å². The molecule has 0 saturated heterocycles. The highest BCUT2D eigenvalue weighted by atomic mass is 16.3. The number of primary amides is 1. The number of anilines is 3. The molecule has 1 fully saturated rings. The molecule has 0 aliphatic heterocycles. The lowest BCUT2D eigenvalue weighted by molar-refractivity contribution is 0.100. The quantitative estimate of drug-likeness (QED) is 0.508. The van der Waals surface area contributed by atoms with E-state index < -0.39 is 5.91 Å². The van der Waals surface area contributed by atoms with Gasteiger partial charge < -0.3 is 26.0 Å². The number of nitrogens with two attached hydrogens (primary N) is 1. The van der Waals surface area contributed by atoms with E-state index in [2.05, 4.69) is 20.7 Å². The van der Waals surface area contributed by atoms with E-state index in [4.69, 9.17) is 5.73 Å². The lowest BCUT2D eigenvalue weighted by Crippen LogP contribution is -2.29. The van der Waals surface area contributed by atoms with Gasteiger partial charge in [-0.05, 0) is 37.8 Å². The van der Waals surface area contributed by atoms with E-state index in [0.717, 1.165) is 12.8 Å². The number of amides is 1. The minimum Gasteiger partial charge on any atom is -0.393 e. The van der Waals surface area contributed by atoms with E-state index in [9.17, 15) is 14.7 Å². The Kier molecular flexibility index (Phi) is 4.93. The van der Waals surface area contributed by atoms with E-state index in [1.807, 2.05) is 0 Å². The summed E-state index contributed by atoms with van der Waals surface area (Å²) in [5.41, 5.74) is 6.11. The Labute approximate surface area is 166 Å². The fourth-order valence-electron chi connectivity index (χ4n) is 3.75. The summed E-state index contributed by atoms with van der Waals surface area (Å²) in [6.45, 7) is 0. The summed E-state index contributed by atoms with van der Waals surface area (Å²) in [6, 6.07) is 5.25. The van der Waals surface area contributed by atoms with Gasteiger partial charge in [-0.1, -0.05) is 0 Å². The predicted octanol–water partition coefficient (Wildman–Crippen LogP) is 1.25. The molecule has 3 aromatic heterocycles. The number of carbonyl (C=O) groups excluding carboxylic acids is 1. The molecular weight excluding hydrogens is 374 g/mol. The van der Waals surface area contributed by atoms with Gasteiger partial charge in [0.25, 0.3) is 11.5 Å². The Bertz CT molecular complexity index is 1110. The van der Waals surface area contributed by atoms with Crippen molar-refractivity contribution in [3.8, 4) is 0 Å². The highest BCUT2D eigenvalue weighted by molar-refractivity contribution is 5.98. The fraction of sp³-hybridized carbons (Fsp3) is 0.368. The second-order valence-electron chi connectivity index (χ2n) is 7.16. The number of carbonyl (C=O) groups is 1. The first-order valence-electron chi connectivity index (χ1n) is 9.50. The van der Waals surface area contributed by atoms with Gasteiger partial charge >= 0.3 is 0 Å². The average molecular weight is 397 g/mol. The van der Waals surface area contributed by atoms with Gasteiger partial charge in [-0.15, -0.1) is 0 Å². The number of nitrogens with zero attached hydrogens (tertiary/aromatic N) is 4. The SMILES string of the molecule is CNc1cc(Nc2cccn(C3CCC(O)CC3)c2=O)nc2c(C(N)=O)cnn12. The zero-order chi connectivity index (χ0) is 20.5. The van der Waals surface area contributed by atoms with Gasteiger partial charge in [0, 0.05) is 25.4 Å². The van der Waals surface area contributed by atoms with E-state index in [-0.39, 0.29) is 23.3 Å². The third-order valence-corrected chi connectivity index (χ3v) is 5.29. The van der Waals surface area contributed by atoms with E-state index in [1.54, 1.807) is 36.0 Å². The maximum Gasteiger partial charge on any atom is 0.274 e. The first-order valence-corrected chi connectivity index (χ1v) is 9.50. The molecule has 4 rings (SSSR count). The molecule has 29 heavy (non-hydrogen) atoms. The van der Waals surface area contributed by atoms with Crippen molar-refractivity contribution in [1.29, 1.82) is 0 Å². The minimum absolute atomic E-state index is 0.0623. The van der Waals surface area contributed by atoms with Crippen LogP contribution in [0.4, 0.5) is 17.3 Å². The smallest absolute Gasteiger partial charge is 0.274 e. The zero-order valence-electron chi connectivity index (χ0n) is 16.0. The van der Waals surface area contributed by atoms with Crippen LogP contribution < -0.4 is 21.9 Å². The molecule has 10 heteroatoms. The number of rotatable bonds is 5. The summed E-state index contributed by atoms with van der Waals surface area (Å²) in [5.74, 6) is 0.342. The van der Waals surface area contributed by atoms with Crippen molar-refractivity contribution < 1.29 is 9.90 Å². The number of nitrogens with one attached hydrogen (secondary N) is 2. The standard InChI is InChI=1S/C19H23N7O3/c1-21-16-9-15(24-18-13(17(20)28)10-22-26(16)18)23-14-3-2-8-25(19(14)29)11-4-6-12(27)7-5-11/h2-3,8-12,21,27H,4-7H2,1H3,(H2,20,28)(H,23,24). The van der Waals surface area contributed by atoms with Crippen LogP contribution in [0.5, 0.6) is 0 Å². The van der Waals surface area contributed by atoms with Crippen LogP contribution >= 0.6 is 0 Å². The molecule has 5 N–H and O–H groups in total. The summed E-state index contributed by atoms with van der Waals surface area (Å²) >= 11 is 0. The van der Waals surface area contributed by atoms with Crippen LogP contribution in [0.2, 0.25) is 0 Å². The molecule has 3 heterocycles. The second-order valence-corrected chi connectivity index (χ2v) is 7.16. The number of aliphatic hydroxyl groups is 1. The first kappa shape index (κ1) is 18.9. The third kappa shape index (κ3) is 3.54. The van der Waals surface area contributed by atoms with Crippen molar-refractivity contribution in [2.24, 2.45) is 5.73 Å². The topological polar surface area (TPSA) is 140 Å². The van der Waals surface area contributed by atoms with Crippen LogP contribution in [0.15, 0.2) is 35.4 Å². The molecule has 3 aromatic rings. The van der Waals surface area contributed by atoms with Crippen molar-refractivity contribution in [3.63, 3.8) is 0 Å². The van der Waals surface area contributed by atoms with Crippen LogP contribution in [0, 0.1) is 0 Å². The second kappa shape index (κ2) is 7.55. The Balaban J connectivity index is 1.70. The fourth-order valence-corrected chi connectivity index (χ4v) is 3.75. The molecule has 0 radical (unpaired) electrons. The molecule has 10 nitrogen and oxygen atoms in total. The van der Waals surface area contributed by atoms with E-state index in [1.165, 1.54) is 10.7 Å². The Morgan fingerprint density at radius 1 is 1.31 bits per heavy atom. The molecule has 0 aromatic carbocycles. The van der Waals surface area contributed by atoms with E-state index >= 15 is 0 Å². The zero-order valence-corrected chi connectivity index (χ0v) is 16.0. The summed E-state index contributed by atoms with van der Waals surface area (Å²) in [5, 5.41) is 19.9. The first-order chi connectivity index (χ1) is 14.0. The normalized spacial score (nSPS) is 19.2. The lowest BCUT2D eigenvalue weighted by Gasteiger charge is -2.27. The molecule has 0 spiro atoms. The predicted molar refractivity (Wildman–Crippen MR) is 109 cm³/mol. The van der Waals surface area contributed by atoms with Crippen LogP contribution in [-0.2, 0) is 0 Å². The average Bonchev–Trinajstić information content (AvgIpc) is 3.14. The lowest BCUT2D eigenvalue weighted by atomic mass is 9.93. The molecule has 0 unspecified atom stereocenters. The van der Waals surface area contributed by atoms with Crippen molar-refractivity contribution in [2.75, 3.05) is 17.7 Å². The van der Waals surface area contributed by atoms with Crippen molar-refractivity contribution in [2.45, 2.75) is 37.8 Å². The van der Waals surface area contributed by atoms with Gasteiger partial charge in [0.1, 0.15) is 22.9 Å². The number of aliphatic hydroxyl groups excluding tert-OH is 1. The van der Waals surface area contributed by atoms with Crippen LogP contribution in [0.1, 0.15) is 42.1 Å². The largest absolute Gasteiger partial charge is 0.393 e. The summed E-state index contributed by atoms with van der Waals surface area (Å²) in [7, 11) is 1.72. The summed E-state index contributed by atoms with van der Waals surface area (Å²) in [4.78, 5) is 29.1. The number of fused-ring (bicyclic) bond motifs is 1. The van der Waals surface area contributed by atoms with Crippen molar-refractivity contribution in [3.05, 3.63) is 46.5 Å². The number of aromatic nitrogens is 4. The molecule has 0 bridgehead atoms. The third-order valence-electron chi connectivity index (χ3n) is 5.29. The van der Waals surface area contributed by atoms with Crippen LogP contribution in [0.3, 0.4) is 0 Å². The Hall–Kier alpha value is -3.40. The Morgan fingerprint density at radius 2 is 2.07 bits per heavy atom. The highest BCUT2D eigenvalue weighted by Crippen LogP contribution is 2.28. The van der Waals surface area contributed by atoms with Crippen molar-refractivity contribution in [1.82, 2.24) is 19.2 Å². The van der Waals surface area contributed by atoms with Gasteiger partial charge in [-0.3, -0.25) is 9.59 Å². The van der Waals surface area contributed by atoms with Crippen LogP contribution in [0.25, 0.3) is 5.65 Å². The molecule has 152 valence electrons. The minimum atomic E-state index is -0.631. The van der Waals surface area contributed by atoms with E-state index in [0.29, 0.717) is 35.8 Å². The summed E-state index contributed by atoms with van der Waals surface area (Å²) < 4.78 is 3.18. The van der Waals surface area contributed by atoms with Gasteiger partial charge in [0.2, 0.25) is 0 Å². The number of pyridine rings is 1. The summed E-state index contributed by atoms with van der Waals surface area (Å²) in [6.07, 6.45) is 5.75. The molecule has 1 aliphatic rings. The maximum absolute atomic E-state index is 13.0. The van der Waals surface area contributed by atoms with Crippen molar-refractivity contribution >= 4 is 28.9 Å². The number of hydrogen-bond acceptors (Lipinski definition) is 7. The van der Waals surface area contributed by atoms with Gasteiger partial charge in [0.05, 0.1) is 12.3 Å². The molecule has 0 atom stereocenters. The molecular formula is C19H23N7O3. The maximum atomic E-state index is 13.0. The number of hydrogen-bond donors (Lipinski definition) is 4. The van der Waals surface area contributed by atoms with Gasteiger partial charge in [0.15, 0.2) is 5.65 Å².